The van der Waals surface area contributed by atoms with Crippen LogP contribution >= 0.6 is 0 Å². The Morgan fingerprint density at radius 2 is 1.91 bits per heavy atom. The lowest BCUT2D eigenvalue weighted by Gasteiger charge is -2.30. The lowest BCUT2D eigenvalue weighted by atomic mass is 10.0. The van der Waals surface area contributed by atoms with Gasteiger partial charge < -0.3 is 4.74 Å². The fourth-order valence-corrected chi connectivity index (χ4v) is 4.28. The average molecular weight is 331 g/mol. The highest BCUT2D eigenvalue weighted by Gasteiger charge is 2.32. The topological polar surface area (TPSA) is 63.7 Å². The molecule has 1 heterocycles. The Labute approximate surface area is 135 Å². The molecule has 1 aliphatic heterocycles. The lowest BCUT2D eigenvalue weighted by molar-refractivity contribution is 0.0981. The zero-order valence-electron chi connectivity index (χ0n) is 12.9. The van der Waals surface area contributed by atoms with Crippen molar-refractivity contribution < 1.29 is 17.9 Å². The minimum absolute atomic E-state index is 0.0745. The first-order chi connectivity index (χ1) is 10.9. The average Bonchev–Trinajstić information content (AvgIpc) is 2.54. The summed E-state index contributed by atoms with van der Waals surface area (Å²) in [5.41, 5.74) is 1.66. The highest BCUT2D eigenvalue weighted by atomic mass is 32.2. The van der Waals surface area contributed by atoms with E-state index in [0.717, 1.165) is 5.56 Å². The molecule has 0 bridgehead atoms. The standard InChI is InChI=1S/C17H17NO4S/c1-12-4-3-5-14(10-12)23(20,21)18-9-8-17(19)15-11-13(22-2)6-7-16(15)18/h3-7,10-11H,8-9H2,1-2H3. The Morgan fingerprint density at radius 3 is 2.61 bits per heavy atom. The van der Waals surface area contributed by atoms with Gasteiger partial charge in [-0.05, 0) is 42.8 Å². The van der Waals surface area contributed by atoms with Crippen molar-refractivity contribution in [1.82, 2.24) is 0 Å². The molecule has 0 amide bonds. The number of carbonyl (C=O) groups is 1. The number of aryl methyl sites for hydroxylation is 1. The molecule has 0 N–H and O–H groups in total. The van der Waals surface area contributed by atoms with Gasteiger partial charge >= 0.3 is 0 Å². The van der Waals surface area contributed by atoms with Crippen LogP contribution in [0.15, 0.2) is 47.4 Å². The molecule has 0 aromatic heterocycles. The molecule has 0 aliphatic carbocycles. The van der Waals surface area contributed by atoms with Gasteiger partial charge in [0.05, 0.1) is 17.7 Å². The second-order valence-corrected chi connectivity index (χ2v) is 7.31. The van der Waals surface area contributed by atoms with Crippen LogP contribution < -0.4 is 9.04 Å². The number of ketones is 1. The summed E-state index contributed by atoms with van der Waals surface area (Å²) in [6.07, 6.45) is 0.158. The molecular weight excluding hydrogens is 314 g/mol. The number of ether oxygens (including phenoxy) is 1. The molecule has 0 saturated carbocycles. The van der Waals surface area contributed by atoms with Gasteiger partial charge in [-0.25, -0.2) is 8.42 Å². The molecule has 3 rings (SSSR count). The van der Waals surface area contributed by atoms with Gasteiger partial charge in [-0.15, -0.1) is 0 Å². The van der Waals surface area contributed by atoms with Crippen molar-refractivity contribution in [2.45, 2.75) is 18.2 Å². The summed E-state index contributed by atoms with van der Waals surface area (Å²) < 4.78 is 32.3. The lowest BCUT2D eigenvalue weighted by Crippen LogP contribution is -2.37. The van der Waals surface area contributed by atoms with Gasteiger partial charge in [0.15, 0.2) is 5.78 Å². The van der Waals surface area contributed by atoms with E-state index in [2.05, 4.69) is 0 Å². The van der Waals surface area contributed by atoms with Crippen molar-refractivity contribution in [3.8, 4) is 5.75 Å². The number of Topliss-reactive ketones (excluding diaryl/α,β-unsaturated/α-hetero) is 1. The smallest absolute Gasteiger partial charge is 0.264 e. The first-order valence-corrected chi connectivity index (χ1v) is 8.68. The second kappa shape index (κ2) is 5.70. The highest BCUT2D eigenvalue weighted by Crippen LogP contribution is 2.34. The Morgan fingerprint density at radius 1 is 1.13 bits per heavy atom. The van der Waals surface area contributed by atoms with Crippen LogP contribution in [-0.2, 0) is 10.0 Å². The van der Waals surface area contributed by atoms with Gasteiger partial charge in [-0.1, -0.05) is 12.1 Å². The van der Waals surface area contributed by atoms with E-state index in [9.17, 15) is 13.2 Å². The number of hydrogen-bond donors (Lipinski definition) is 0. The molecule has 5 nitrogen and oxygen atoms in total. The van der Waals surface area contributed by atoms with E-state index < -0.39 is 10.0 Å². The Hall–Kier alpha value is -2.34. The van der Waals surface area contributed by atoms with E-state index in [1.54, 1.807) is 36.4 Å². The van der Waals surface area contributed by atoms with E-state index in [-0.39, 0.29) is 23.6 Å². The maximum absolute atomic E-state index is 12.9. The summed E-state index contributed by atoms with van der Waals surface area (Å²) in [6.45, 7) is 1.99. The van der Waals surface area contributed by atoms with E-state index >= 15 is 0 Å². The number of hydrogen-bond acceptors (Lipinski definition) is 4. The van der Waals surface area contributed by atoms with Crippen LogP contribution in [0.2, 0.25) is 0 Å². The highest BCUT2D eigenvalue weighted by molar-refractivity contribution is 7.92. The first-order valence-electron chi connectivity index (χ1n) is 7.24. The summed E-state index contributed by atoms with van der Waals surface area (Å²) in [4.78, 5) is 12.4. The zero-order valence-corrected chi connectivity index (χ0v) is 13.8. The molecular formula is C17H17NO4S. The fraction of sp³-hybridized carbons (Fsp3) is 0.235. The van der Waals surface area contributed by atoms with Gasteiger partial charge in [0.1, 0.15) is 5.75 Å². The molecule has 120 valence electrons. The quantitative estimate of drug-likeness (QED) is 0.867. The number of rotatable bonds is 3. The van der Waals surface area contributed by atoms with Crippen LogP contribution in [0.3, 0.4) is 0 Å². The molecule has 0 unspecified atom stereocenters. The normalized spacial score (nSPS) is 14.5. The largest absolute Gasteiger partial charge is 0.497 e. The van der Waals surface area contributed by atoms with Crippen molar-refractivity contribution in [2.75, 3.05) is 18.0 Å². The Kier molecular flexibility index (Phi) is 3.85. The third kappa shape index (κ3) is 2.70. The molecule has 0 fully saturated rings. The molecule has 0 atom stereocenters. The number of sulfonamides is 1. The fourth-order valence-electron chi connectivity index (χ4n) is 2.69. The summed E-state index contributed by atoms with van der Waals surface area (Å²) in [5.74, 6) is 0.460. The monoisotopic (exact) mass is 331 g/mol. The summed E-state index contributed by atoms with van der Waals surface area (Å²) >= 11 is 0. The van der Waals surface area contributed by atoms with Crippen LogP contribution in [0.1, 0.15) is 22.3 Å². The minimum atomic E-state index is -3.70. The first kappa shape index (κ1) is 15.6. The van der Waals surface area contributed by atoms with Crippen LogP contribution in [-0.4, -0.2) is 27.9 Å². The van der Waals surface area contributed by atoms with E-state index in [4.69, 9.17) is 4.74 Å². The SMILES string of the molecule is COc1ccc2c(c1)C(=O)CCN2S(=O)(=O)c1cccc(C)c1. The van der Waals surface area contributed by atoms with Gasteiger partial charge in [0.25, 0.3) is 10.0 Å². The third-order valence-corrected chi connectivity index (χ3v) is 5.70. The van der Waals surface area contributed by atoms with Gasteiger partial charge in [0, 0.05) is 18.5 Å². The number of fused-ring (bicyclic) bond motifs is 1. The van der Waals surface area contributed by atoms with Crippen LogP contribution in [0.4, 0.5) is 5.69 Å². The molecule has 2 aromatic rings. The van der Waals surface area contributed by atoms with Crippen LogP contribution in [0, 0.1) is 6.92 Å². The number of carbonyl (C=O) groups excluding carboxylic acids is 1. The summed E-state index contributed by atoms with van der Waals surface area (Å²) in [6, 6.07) is 11.6. The maximum atomic E-state index is 12.9. The molecule has 2 aromatic carbocycles. The molecule has 0 radical (unpaired) electrons. The molecule has 1 aliphatic rings. The van der Waals surface area contributed by atoms with E-state index in [1.165, 1.54) is 11.4 Å². The molecule has 23 heavy (non-hydrogen) atoms. The van der Waals surface area contributed by atoms with Crippen molar-refractivity contribution in [3.05, 3.63) is 53.6 Å². The van der Waals surface area contributed by atoms with Crippen molar-refractivity contribution in [2.24, 2.45) is 0 Å². The Balaban J connectivity index is 2.12. The number of benzene rings is 2. The number of anilines is 1. The van der Waals surface area contributed by atoms with Crippen molar-refractivity contribution >= 4 is 21.5 Å². The molecule has 0 saturated heterocycles. The van der Waals surface area contributed by atoms with Gasteiger partial charge in [-0.2, -0.15) is 0 Å². The molecule has 0 spiro atoms. The molecule has 6 heteroatoms. The van der Waals surface area contributed by atoms with E-state index in [0.29, 0.717) is 17.0 Å². The second-order valence-electron chi connectivity index (χ2n) is 5.45. The zero-order chi connectivity index (χ0) is 16.6. The third-order valence-electron chi connectivity index (χ3n) is 3.89. The van der Waals surface area contributed by atoms with Crippen LogP contribution in [0.5, 0.6) is 5.75 Å². The maximum Gasteiger partial charge on any atom is 0.264 e. The number of nitrogens with zero attached hydrogens (tertiary/aromatic N) is 1. The Bertz CT molecular complexity index is 874. The predicted molar refractivity (Wildman–Crippen MR) is 87.7 cm³/mol. The van der Waals surface area contributed by atoms with Crippen molar-refractivity contribution in [1.29, 1.82) is 0 Å². The summed E-state index contributed by atoms with van der Waals surface area (Å²) in [5, 5.41) is 0. The minimum Gasteiger partial charge on any atom is -0.497 e. The van der Waals surface area contributed by atoms with Gasteiger partial charge in [-0.3, -0.25) is 9.10 Å². The van der Waals surface area contributed by atoms with Crippen molar-refractivity contribution in [3.63, 3.8) is 0 Å². The van der Waals surface area contributed by atoms with Gasteiger partial charge in [0.2, 0.25) is 0 Å². The van der Waals surface area contributed by atoms with Crippen LogP contribution in [0.25, 0.3) is 0 Å². The summed E-state index contributed by atoms with van der Waals surface area (Å²) in [7, 11) is -2.19. The van der Waals surface area contributed by atoms with E-state index in [1.807, 2.05) is 13.0 Å². The predicted octanol–water partition coefficient (Wildman–Crippen LogP) is 2.79. The number of methoxy groups -OCH3 is 1.